The van der Waals surface area contributed by atoms with E-state index in [4.69, 9.17) is 4.74 Å². The highest BCUT2D eigenvalue weighted by Gasteiger charge is 2.28. The minimum Gasteiger partial charge on any atom is -0.497 e. The van der Waals surface area contributed by atoms with Gasteiger partial charge in [-0.3, -0.25) is 9.69 Å². The van der Waals surface area contributed by atoms with Crippen molar-refractivity contribution in [1.29, 1.82) is 0 Å². The number of rotatable bonds is 5. The van der Waals surface area contributed by atoms with Gasteiger partial charge in [0.15, 0.2) is 0 Å². The molecule has 2 aliphatic heterocycles. The van der Waals surface area contributed by atoms with Crippen LogP contribution in [0.3, 0.4) is 0 Å². The van der Waals surface area contributed by atoms with Crippen molar-refractivity contribution in [3.63, 3.8) is 0 Å². The molecule has 0 N–H and O–H groups in total. The van der Waals surface area contributed by atoms with Crippen LogP contribution in [-0.2, 0) is 14.8 Å². The Kier molecular flexibility index (Phi) is 6.16. The third kappa shape index (κ3) is 4.36. The first-order valence-electron chi connectivity index (χ1n) is 9.15. The van der Waals surface area contributed by atoms with Gasteiger partial charge in [0.1, 0.15) is 5.75 Å². The highest BCUT2D eigenvalue weighted by atomic mass is 32.2. The molecule has 26 heavy (non-hydrogen) atoms. The minimum absolute atomic E-state index is 0.161. The van der Waals surface area contributed by atoms with Gasteiger partial charge in [0.05, 0.1) is 18.6 Å². The third-order valence-corrected chi connectivity index (χ3v) is 6.98. The molecule has 3 rings (SSSR count). The summed E-state index contributed by atoms with van der Waals surface area (Å²) in [6.45, 7) is 4.29. The molecule has 0 unspecified atom stereocenters. The Balaban J connectivity index is 1.60. The van der Waals surface area contributed by atoms with Crippen LogP contribution in [0.15, 0.2) is 29.2 Å². The molecule has 8 heteroatoms. The van der Waals surface area contributed by atoms with Gasteiger partial charge in [-0.25, -0.2) is 8.42 Å². The fraction of sp³-hybridized carbons (Fsp3) is 0.611. The lowest BCUT2D eigenvalue weighted by Crippen LogP contribution is -2.41. The topological polar surface area (TPSA) is 70.2 Å². The second-order valence-corrected chi connectivity index (χ2v) is 8.74. The highest BCUT2D eigenvalue weighted by Crippen LogP contribution is 2.21. The van der Waals surface area contributed by atoms with E-state index in [1.807, 2.05) is 4.90 Å². The van der Waals surface area contributed by atoms with Crippen LogP contribution in [0, 0.1) is 0 Å². The molecule has 1 aromatic rings. The molecule has 0 atom stereocenters. The second-order valence-electron chi connectivity index (χ2n) is 6.80. The summed E-state index contributed by atoms with van der Waals surface area (Å²) in [7, 11) is -1.97. The number of hydrogen-bond donors (Lipinski definition) is 0. The number of likely N-dealkylation sites (tertiary alicyclic amines) is 1. The van der Waals surface area contributed by atoms with Crippen LogP contribution in [0.5, 0.6) is 5.75 Å². The normalized spacial score (nSPS) is 20.1. The molecule has 7 nitrogen and oxygen atoms in total. The molecule has 2 fully saturated rings. The highest BCUT2D eigenvalue weighted by molar-refractivity contribution is 7.89. The van der Waals surface area contributed by atoms with Gasteiger partial charge in [-0.2, -0.15) is 4.31 Å². The van der Waals surface area contributed by atoms with Crippen molar-refractivity contribution < 1.29 is 17.9 Å². The lowest BCUT2D eigenvalue weighted by atomic mass is 10.3. The molecule has 144 valence electrons. The van der Waals surface area contributed by atoms with E-state index in [0.717, 1.165) is 38.9 Å². The van der Waals surface area contributed by atoms with Crippen LogP contribution in [-0.4, -0.2) is 81.4 Å². The molecule has 2 aliphatic rings. The zero-order valence-corrected chi connectivity index (χ0v) is 16.1. The molecule has 0 bridgehead atoms. The van der Waals surface area contributed by atoms with Crippen molar-refractivity contribution in [2.75, 3.05) is 52.9 Å². The van der Waals surface area contributed by atoms with Crippen LogP contribution in [0.2, 0.25) is 0 Å². The van der Waals surface area contributed by atoms with E-state index in [9.17, 15) is 13.2 Å². The molecule has 0 saturated carbocycles. The fourth-order valence-corrected chi connectivity index (χ4v) is 4.97. The van der Waals surface area contributed by atoms with E-state index in [-0.39, 0.29) is 10.8 Å². The molecule has 2 heterocycles. The molecule has 1 aromatic carbocycles. The summed E-state index contributed by atoms with van der Waals surface area (Å²) in [5, 5.41) is 0. The van der Waals surface area contributed by atoms with E-state index in [0.29, 0.717) is 31.9 Å². The zero-order valence-electron chi connectivity index (χ0n) is 15.3. The summed E-state index contributed by atoms with van der Waals surface area (Å²) in [5.41, 5.74) is 0. The molecule has 1 amide bonds. The first-order chi connectivity index (χ1) is 12.5. The standard InChI is InChI=1S/C18H27N3O4S/c1-25-16-5-7-17(8-6-16)26(23,24)21-12-4-9-19(13-14-21)15-18(22)20-10-2-3-11-20/h5-8H,2-4,9-15H2,1H3. The predicted molar refractivity (Wildman–Crippen MR) is 98.6 cm³/mol. The quantitative estimate of drug-likeness (QED) is 0.761. The Labute approximate surface area is 155 Å². The number of amides is 1. The van der Waals surface area contributed by atoms with E-state index < -0.39 is 10.0 Å². The number of hydrogen-bond acceptors (Lipinski definition) is 5. The monoisotopic (exact) mass is 381 g/mol. The summed E-state index contributed by atoms with van der Waals surface area (Å²) >= 11 is 0. The lowest BCUT2D eigenvalue weighted by Gasteiger charge is -2.23. The van der Waals surface area contributed by atoms with Gasteiger partial charge in [-0.15, -0.1) is 0 Å². The van der Waals surface area contributed by atoms with Crippen molar-refractivity contribution in [3.05, 3.63) is 24.3 Å². The molecule has 0 spiro atoms. The number of benzene rings is 1. The average molecular weight is 381 g/mol. The van der Waals surface area contributed by atoms with Gasteiger partial charge >= 0.3 is 0 Å². The first-order valence-corrected chi connectivity index (χ1v) is 10.6. The van der Waals surface area contributed by atoms with Crippen LogP contribution in [0.4, 0.5) is 0 Å². The Morgan fingerprint density at radius 2 is 1.65 bits per heavy atom. The van der Waals surface area contributed by atoms with Gasteiger partial charge in [-0.05, 0) is 50.1 Å². The maximum absolute atomic E-state index is 12.9. The lowest BCUT2D eigenvalue weighted by molar-refractivity contribution is -0.131. The van der Waals surface area contributed by atoms with Crippen molar-refractivity contribution >= 4 is 15.9 Å². The molecular weight excluding hydrogens is 354 g/mol. The van der Waals surface area contributed by atoms with Crippen LogP contribution >= 0.6 is 0 Å². The summed E-state index contributed by atoms with van der Waals surface area (Å²) in [5.74, 6) is 0.792. The van der Waals surface area contributed by atoms with Crippen LogP contribution < -0.4 is 4.74 Å². The second kappa shape index (κ2) is 8.37. The van der Waals surface area contributed by atoms with E-state index in [1.54, 1.807) is 31.4 Å². The van der Waals surface area contributed by atoms with Crippen LogP contribution in [0.1, 0.15) is 19.3 Å². The van der Waals surface area contributed by atoms with Gasteiger partial charge < -0.3 is 9.64 Å². The largest absolute Gasteiger partial charge is 0.497 e. The van der Waals surface area contributed by atoms with Crippen molar-refractivity contribution in [3.8, 4) is 5.75 Å². The number of carbonyl (C=O) groups excluding carboxylic acids is 1. The van der Waals surface area contributed by atoms with Crippen molar-refractivity contribution in [1.82, 2.24) is 14.1 Å². The summed E-state index contributed by atoms with van der Waals surface area (Å²) < 4.78 is 32.4. The Hall–Kier alpha value is -1.64. The number of methoxy groups -OCH3 is 1. The molecule has 0 aliphatic carbocycles. The Bertz CT molecular complexity index is 714. The van der Waals surface area contributed by atoms with Crippen LogP contribution in [0.25, 0.3) is 0 Å². The smallest absolute Gasteiger partial charge is 0.243 e. The van der Waals surface area contributed by atoms with Crippen molar-refractivity contribution in [2.24, 2.45) is 0 Å². The zero-order chi connectivity index (χ0) is 18.6. The molecular formula is C18H27N3O4S. The SMILES string of the molecule is COc1ccc(S(=O)(=O)N2CCCN(CC(=O)N3CCCC3)CC2)cc1. The van der Waals surface area contributed by atoms with Gasteiger partial charge in [0, 0.05) is 32.7 Å². The number of carbonyl (C=O) groups is 1. The minimum atomic E-state index is -3.52. The summed E-state index contributed by atoms with van der Waals surface area (Å²) in [6, 6.07) is 6.47. The van der Waals surface area contributed by atoms with Crippen molar-refractivity contribution in [2.45, 2.75) is 24.2 Å². The first kappa shape index (κ1) is 19.1. The van der Waals surface area contributed by atoms with Gasteiger partial charge in [-0.1, -0.05) is 0 Å². The molecule has 0 aromatic heterocycles. The molecule has 2 saturated heterocycles. The number of sulfonamides is 1. The number of ether oxygens (including phenoxy) is 1. The Morgan fingerprint density at radius 1 is 0.962 bits per heavy atom. The van der Waals surface area contributed by atoms with Gasteiger partial charge in [0.25, 0.3) is 0 Å². The maximum atomic E-state index is 12.9. The summed E-state index contributed by atoms with van der Waals surface area (Å²) in [6.07, 6.45) is 2.89. The average Bonchev–Trinajstić information content (AvgIpc) is 3.09. The van der Waals surface area contributed by atoms with Gasteiger partial charge in [0.2, 0.25) is 15.9 Å². The fourth-order valence-electron chi connectivity index (χ4n) is 3.50. The third-order valence-electron chi connectivity index (χ3n) is 5.06. The predicted octanol–water partition coefficient (Wildman–Crippen LogP) is 1.01. The maximum Gasteiger partial charge on any atom is 0.243 e. The van der Waals surface area contributed by atoms with E-state index >= 15 is 0 Å². The number of nitrogens with zero attached hydrogens (tertiary/aromatic N) is 3. The van der Waals surface area contributed by atoms with E-state index in [1.165, 1.54) is 4.31 Å². The summed E-state index contributed by atoms with van der Waals surface area (Å²) in [4.78, 5) is 16.6. The molecule has 0 radical (unpaired) electrons. The Morgan fingerprint density at radius 3 is 2.31 bits per heavy atom. The van der Waals surface area contributed by atoms with E-state index in [2.05, 4.69) is 4.90 Å².